The van der Waals surface area contributed by atoms with Crippen LogP contribution in [-0.4, -0.2) is 11.7 Å². The van der Waals surface area contributed by atoms with E-state index >= 15 is 0 Å². The molecule has 1 aromatic carbocycles. The molecule has 2 aromatic rings. The van der Waals surface area contributed by atoms with Crippen molar-refractivity contribution in [3.63, 3.8) is 0 Å². The molecular formula is C21H25N3OS2. The first-order valence-electron chi connectivity index (χ1n) is 9.10. The third-order valence-electron chi connectivity index (χ3n) is 5.08. The molecular weight excluding hydrogens is 374 g/mol. The van der Waals surface area contributed by atoms with Crippen LogP contribution in [0, 0.1) is 22.7 Å². The van der Waals surface area contributed by atoms with Gasteiger partial charge in [-0.1, -0.05) is 26.8 Å². The van der Waals surface area contributed by atoms with Gasteiger partial charge in [-0.3, -0.25) is 4.79 Å². The second-order valence-corrected chi connectivity index (χ2v) is 10.2. The molecule has 0 spiro atoms. The average molecular weight is 400 g/mol. The fourth-order valence-corrected chi connectivity index (χ4v) is 5.51. The Bertz CT molecular complexity index is 890. The Balaban J connectivity index is 1.69. The van der Waals surface area contributed by atoms with E-state index in [-0.39, 0.29) is 11.3 Å². The van der Waals surface area contributed by atoms with Gasteiger partial charge in [0, 0.05) is 15.5 Å². The Hall–Kier alpha value is -1.97. The smallest absolute Gasteiger partial charge is 0.235 e. The van der Waals surface area contributed by atoms with Crippen LogP contribution in [0.2, 0.25) is 0 Å². The number of thiophene rings is 1. The highest BCUT2D eigenvalue weighted by atomic mass is 32.2. The van der Waals surface area contributed by atoms with Gasteiger partial charge in [0.25, 0.3) is 0 Å². The molecule has 0 bridgehead atoms. The number of nitrogens with zero attached hydrogens (tertiary/aromatic N) is 1. The van der Waals surface area contributed by atoms with Crippen LogP contribution >= 0.6 is 23.1 Å². The van der Waals surface area contributed by atoms with Gasteiger partial charge in [-0.15, -0.1) is 23.1 Å². The summed E-state index contributed by atoms with van der Waals surface area (Å²) in [5, 5.41) is 13.3. The quantitative estimate of drug-likeness (QED) is 0.555. The first-order valence-corrected chi connectivity index (χ1v) is 10.9. The number of rotatable bonds is 4. The zero-order valence-electron chi connectivity index (χ0n) is 16.0. The molecule has 1 aliphatic carbocycles. The number of hydrogen-bond acceptors (Lipinski definition) is 5. The summed E-state index contributed by atoms with van der Waals surface area (Å²) in [5.74, 6) is 0.810. The van der Waals surface area contributed by atoms with Crippen molar-refractivity contribution in [1.29, 1.82) is 5.26 Å². The molecule has 1 amide bonds. The minimum Gasteiger partial charge on any atom is -0.399 e. The van der Waals surface area contributed by atoms with Crippen LogP contribution in [0.4, 0.5) is 10.7 Å². The van der Waals surface area contributed by atoms with E-state index < -0.39 is 0 Å². The van der Waals surface area contributed by atoms with Crippen molar-refractivity contribution >= 4 is 39.7 Å². The summed E-state index contributed by atoms with van der Waals surface area (Å²) in [4.78, 5) is 14.6. The lowest BCUT2D eigenvalue weighted by Gasteiger charge is -2.33. The van der Waals surface area contributed by atoms with Crippen molar-refractivity contribution < 1.29 is 4.79 Å². The Kier molecular flexibility index (Phi) is 5.83. The molecule has 1 heterocycles. The molecule has 0 saturated carbocycles. The van der Waals surface area contributed by atoms with Gasteiger partial charge in [0.2, 0.25) is 5.91 Å². The van der Waals surface area contributed by atoms with Crippen LogP contribution in [0.5, 0.6) is 0 Å². The van der Waals surface area contributed by atoms with Crippen molar-refractivity contribution in [2.75, 3.05) is 16.8 Å². The summed E-state index contributed by atoms with van der Waals surface area (Å²) in [6, 6.07) is 9.81. The number of hydrogen-bond donors (Lipinski definition) is 2. The van der Waals surface area contributed by atoms with Crippen LogP contribution in [0.1, 0.15) is 43.2 Å². The number of nitrogens with one attached hydrogen (secondary N) is 1. The third-order valence-corrected chi connectivity index (χ3v) is 7.25. The molecule has 142 valence electrons. The zero-order chi connectivity index (χ0) is 19.6. The van der Waals surface area contributed by atoms with Gasteiger partial charge >= 0.3 is 0 Å². The average Bonchev–Trinajstić information content (AvgIpc) is 2.95. The van der Waals surface area contributed by atoms with E-state index in [1.165, 1.54) is 16.6 Å². The highest BCUT2D eigenvalue weighted by Crippen LogP contribution is 2.44. The predicted molar refractivity (Wildman–Crippen MR) is 114 cm³/mol. The first-order chi connectivity index (χ1) is 12.8. The zero-order valence-corrected chi connectivity index (χ0v) is 17.6. The van der Waals surface area contributed by atoms with Crippen molar-refractivity contribution in [3.8, 4) is 6.07 Å². The monoisotopic (exact) mass is 399 g/mol. The molecule has 3 N–H and O–H groups in total. The standard InChI is InChI=1S/C21H25N3OS2/c1-21(2,3)13-7-8-16-17(11-22)20(27-18(16)9-13)24-19(25)12-26-15-6-4-5-14(23)10-15/h4-6,10,13H,7-9,12,23H2,1-3H3,(H,24,25). The lowest BCUT2D eigenvalue weighted by Crippen LogP contribution is -2.26. The first kappa shape index (κ1) is 19.8. The number of benzene rings is 1. The molecule has 3 rings (SSSR count). The SMILES string of the molecule is CC(C)(C)C1CCc2c(sc(NC(=O)CSc3cccc(N)c3)c2C#N)C1. The molecule has 0 saturated heterocycles. The molecule has 1 aliphatic rings. The number of nitrogen functional groups attached to an aromatic ring is 1. The van der Waals surface area contributed by atoms with Crippen LogP contribution < -0.4 is 11.1 Å². The Labute approximate surface area is 169 Å². The van der Waals surface area contributed by atoms with Crippen LogP contribution in [0.25, 0.3) is 0 Å². The topological polar surface area (TPSA) is 78.9 Å². The van der Waals surface area contributed by atoms with Gasteiger partial charge in [-0.25, -0.2) is 0 Å². The van der Waals surface area contributed by atoms with Crippen molar-refractivity contribution in [3.05, 3.63) is 40.3 Å². The molecule has 0 radical (unpaired) electrons. The maximum absolute atomic E-state index is 12.4. The van der Waals surface area contributed by atoms with E-state index in [1.54, 1.807) is 11.3 Å². The van der Waals surface area contributed by atoms with Crippen LogP contribution in [0.3, 0.4) is 0 Å². The highest BCUT2D eigenvalue weighted by molar-refractivity contribution is 8.00. The Morgan fingerprint density at radius 3 is 2.89 bits per heavy atom. The second kappa shape index (κ2) is 7.95. The third kappa shape index (κ3) is 4.66. The van der Waals surface area contributed by atoms with Crippen LogP contribution in [0.15, 0.2) is 29.2 Å². The van der Waals surface area contributed by atoms with Gasteiger partial charge in [-0.05, 0) is 54.4 Å². The summed E-state index contributed by atoms with van der Waals surface area (Å²) >= 11 is 3.02. The molecule has 1 aromatic heterocycles. The molecule has 1 unspecified atom stereocenters. The largest absolute Gasteiger partial charge is 0.399 e. The van der Waals surface area contributed by atoms with Gasteiger partial charge < -0.3 is 11.1 Å². The van der Waals surface area contributed by atoms with Gasteiger partial charge in [0.05, 0.1) is 11.3 Å². The van der Waals surface area contributed by atoms with Crippen molar-refractivity contribution in [2.24, 2.45) is 11.3 Å². The minimum atomic E-state index is -0.0927. The number of anilines is 2. The molecule has 1 atom stereocenters. The minimum absolute atomic E-state index is 0.0927. The number of carbonyl (C=O) groups excluding carboxylic acids is 1. The second-order valence-electron chi connectivity index (χ2n) is 8.03. The lowest BCUT2D eigenvalue weighted by molar-refractivity contribution is -0.113. The summed E-state index contributed by atoms with van der Waals surface area (Å²) in [6.45, 7) is 6.83. The van der Waals surface area contributed by atoms with Crippen molar-refractivity contribution in [1.82, 2.24) is 0 Å². The van der Waals surface area contributed by atoms with Gasteiger partial charge in [-0.2, -0.15) is 5.26 Å². The molecule has 0 fully saturated rings. The molecule has 0 aliphatic heterocycles. The predicted octanol–water partition coefficient (Wildman–Crippen LogP) is 5.08. The van der Waals surface area contributed by atoms with Gasteiger partial charge in [0.1, 0.15) is 11.1 Å². The maximum Gasteiger partial charge on any atom is 0.235 e. The number of nitrogens with two attached hydrogens (primary N) is 1. The molecule has 27 heavy (non-hydrogen) atoms. The normalized spacial score (nSPS) is 16.4. The fourth-order valence-electron chi connectivity index (χ4n) is 3.45. The van der Waals surface area contributed by atoms with E-state index in [1.807, 2.05) is 24.3 Å². The summed E-state index contributed by atoms with van der Waals surface area (Å²) < 4.78 is 0. The Morgan fingerprint density at radius 2 is 2.22 bits per heavy atom. The van der Waals surface area contributed by atoms with Crippen LogP contribution in [-0.2, 0) is 17.6 Å². The molecule has 6 heteroatoms. The lowest BCUT2D eigenvalue weighted by atomic mass is 9.72. The van der Waals surface area contributed by atoms with E-state index in [4.69, 9.17) is 5.73 Å². The van der Waals surface area contributed by atoms with E-state index in [0.29, 0.717) is 27.9 Å². The number of thioether (sulfide) groups is 1. The number of nitriles is 1. The summed E-state index contributed by atoms with van der Waals surface area (Å²) in [6.07, 6.45) is 3.01. The van der Waals surface area contributed by atoms with E-state index in [9.17, 15) is 10.1 Å². The van der Waals surface area contributed by atoms with Gasteiger partial charge in [0.15, 0.2) is 0 Å². The Morgan fingerprint density at radius 1 is 1.44 bits per heavy atom. The number of amides is 1. The highest BCUT2D eigenvalue weighted by Gasteiger charge is 2.32. The molecule has 4 nitrogen and oxygen atoms in total. The summed E-state index contributed by atoms with van der Waals surface area (Å²) in [7, 11) is 0. The summed E-state index contributed by atoms with van der Waals surface area (Å²) in [5.41, 5.74) is 8.52. The van der Waals surface area contributed by atoms with E-state index in [0.717, 1.165) is 29.7 Å². The maximum atomic E-state index is 12.4. The van der Waals surface area contributed by atoms with Crippen molar-refractivity contribution in [2.45, 2.75) is 44.9 Å². The van der Waals surface area contributed by atoms with E-state index in [2.05, 4.69) is 32.2 Å². The fraction of sp³-hybridized carbons (Fsp3) is 0.429. The number of fused-ring (bicyclic) bond motifs is 1. The number of carbonyl (C=O) groups is 1.